The number of H-pyrrole nitrogens is 1. The minimum atomic E-state index is -0.181. The van der Waals surface area contributed by atoms with E-state index in [1.54, 1.807) is 37.2 Å². The van der Waals surface area contributed by atoms with Crippen LogP contribution in [0.4, 0.5) is 0 Å². The first kappa shape index (κ1) is 16.1. The van der Waals surface area contributed by atoms with Crippen LogP contribution in [0.1, 0.15) is 11.5 Å². The number of rotatable bonds is 3. The van der Waals surface area contributed by atoms with Gasteiger partial charge in [0.15, 0.2) is 0 Å². The lowest BCUT2D eigenvalue weighted by Crippen LogP contribution is -2.12. The standard InChI is InChI=1S/C19H18N4O3/c1-10-17(11(2)26-22-10)12-7-13(14-9-20-6-5-16(14)25-4)18-15(8-12)21-19(24)23(18)3/h5-9H,1-4H3,(H,21,24). The van der Waals surface area contributed by atoms with Gasteiger partial charge in [-0.25, -0.2) is 4.79 Å². The van der Waals surface area contributed by atoms with Crippen molar-refractivity contribution in [1.29, 1.82) is 0 Å². The van der Waals surface area contributed by atoms with Crippen LogP contribution < -0.4 is 10.4 Å². The zero-order valence-corrected chi connectivity index (χ0v) is 15.0. The largest absolute Gasteiger partial charge is 0.496 e. The number of imidazole rings is 1. The number of hydrogen-bond donors (Lipinski definition) is 1. The van der Waals surface area contributed by atoms with E-state index in [1.807, 2.05) is 26.0 Å². The zero-order valence-electron chi connectivity index (χ0n) is 15.0. The first-order chi connectivity index (χ1) is 12.5. The van der Waals surface area contributed by atoms with Crippen molar-refractivity contribution < 1.29 is 9.26 Å². The van der Waals surface area contributed by atoms with Gasteiger partial charge in [0.2, 0.25) is 0 Å². The fourth-order valence-corrected chi connectivity index (χ4v) is 3.40. The zero-order chi connectivity index (χ0) is 18.4. The predicted molar refractivity (Wildman–Crippen MR) is 98.3 cm³/mol. The van der Waals surface area contributed by atoms with Crippen LogP contribution in [0.5, 0.6) is 5.75 Å². The van der Waals surface area contributed by atoms with E-state index in [-0.39, 0.29) is 5.69 Å². The molecule has 0 radical (unpaired) electrons. The third-order valence-electron chi connectivity index (χ3n) is 4.60. The lowest BCUT2D eigenvalue weighted by Gasteiger charge is -2.12. The average molecular weight is 350 g/mol. The van der Waals surface area contributed by atoms with Crippen molar-refractivity contribution in [2.75, 3.05) is 7.11 Å². The molecule has 3 heterocycles. The van der Waals surface area contributed by atoms with Crippen LogP contribution >= 0.6 is 0 Å². The van der Waals surface area contributed by atoms with Crippen LogP contribution in [-0.2, 0) is 7.05 Å². The Morgan fingerprint density at radius 3 is 2.73 bits per heavy atom. The Bertz CT molecular complexity index is 1160. The van der Waals surface area contributed by atoms with Crippen LogP contribution in [0.2, 0.25) is 0 Å². The minimum Gasteiger partial charge on any atom is -0.496 e. The van der Waals surface area contributed by atoms with Gasteiger partial charge in [-0.3, -0.25) is 9.55 Å². The quantitative estimate of drug-likeness (QED) is 0.613. The first-order valence-electron chi connectivity index (χ1n) is 8.15. The van der Waals surface area contributed by atoms with Crippen molar-refractivity contribution in [2.24, 2.45) is 7.05 Å². The van der Waals surface area contributed by atoms with Crippen LogP contribution in [-0.4, -0.2) is 26.8 Å². The van der Waals surface area contributed by atoms with E-state index in [4.69, 9.17) is 9.26 Å². The van der Waals surface area contributed by atoms with Crippen molar-refractivity contribution in [3.05, 3.63) is 52.5 Å². The number of aryl methyl sites for hydroxylation is 3. The van der Waals surface area contributed by atoms with E-state index in [0.717, 1.165) is 44.7 Å². The summed E-state index contributed by atoms with van der Waals surface area (Å²) in [6, 6.07) is 5.76. The molecule has 0 unspecified atom stereocenters. The van der Waals surface area contributed by atoms with Gasteiger partial charge in [-0.1, -0.05) is 5.16 Å². The smallest absolute Gasteiger partial charge is 0.326 e. The number of nitrogens with zero attached hydrogens (tertiary/aromatic N) is 3. The van der Waals surface area contributed by atoms with Crippen molar-refractivity contribution in [3.63, 3.8) is 0 Å². The molecule has 0 spiro atoms. The molecule has 26 heavy (non-hydrogen) atoms. The minimum absolute atomic E-state index is 0.181. The number of nitrogens with one attached hydrogen (secondary N) is 1. The molecule has 7 nitrogen and oxygen atoms in total. The van der Waals surface area contributed by atoms with E-state index in [9.17, 15) is 4.79 Å². The molecule has 3 aromatic heterocycles. The molecule has 0 bridgehead atoms. The molecule has 0 aliphatic carbocycles. The Morgan fingerprint density at radius 1 is 1.23 bits per heavy atom. The average Bonchev–Trinajstić information content (AvgIpc) is 3.12. The van der Waals surface area contributed by atoms with Gasteiger partial charge in [-0.05, 0) is 37.6 Å². The molecule has 0 aliphatic rings. The molecule has 0 saturated heterocycles. The number of fused-ring (bicyclic) bond motifs is 1. The molecule has 4 rings (SSSR count). The van der Waals surface area contributed by atoms with Gasteiger partial charge < -0.3 is 14.2 Å². The van der Waals surface area contributed by atoms with Crippen molar-refractivity contribution in [2.45, 2.75) is 13.8 Å². The lowest BCUT2D eigenvalue weighted by atomic mass is 9.97. The molecular weight excluding hydrogens is 332 g/mol. The molecular formula is C19H18N4O3. The van der Waals surface area contributed by atoms with Gasteiger partial charge in [0.25, 0.3) is 0 Å². The molecule has 1 N–H and O–H groups in total. The highest BCUT2D eigenvalue weighted by molar-refractivity contribution is 5.97. The van der Waals surface area contributed by atoms with Crippen LogP contribution in [0.3, 0.4) is 0 Å². The molecule has 0 saturated carbocycles. The van der Waals surface area contributed by atoms with E-state index in [2.05, 4.69) is 15.1 Å². The number of pyridine rings is 1. The molecule has 0 fully saturated rings. The fourth-order valence-electron chi connectivity index (χ4n) is 3.40. The second-order valence-electron chi connectivity index (χ2n) is 6.18. The monoisotopic (exact) mass is 350 g/mol. The number of aromatic nitrogens is 4. The van der Waals surface area contributed by atoms with E-state index in [0.29, 0.717) is 5.75 Å². The summed E-state index contributed by atoms with van der Waals surface area (Å²) in [6.07, 6.45) is 3.41. The maximum absolute atomic E-state index is 12.2. The van der Waals surface area contributed by atoms with Crippen molar-refractivity contribution >= 4 is 11.0 Å². The van der Waals surface area contributed by atoms with Crippen molar-refractivity contribution in [3.8, 4) is 28.0 Å². The summed E-state index contributed by atoms with van der Waals surface area (Å²) >= 11 is 0. The third-order valence-corrected chi connectivity index (χ3v) is 4.60. The maximum Gasteiger partial charge on any atom is 0.326 e. The van der Waals surface area contributed by atoms with Gasteiger partial charge in [0.1, 0.15) is 11.5 Å². The van der Waals surface area contributed by atoms with Crippen molar-refractivity contribution in [1.82, 2.24) is 19.7 Å². The molecule has 0 amide bonds. The highest BCUT2D eigenvalue weighted by atomic mass is 16.5. The van der Waals surface area contributed by atoms with Gasteiger partial charge in [0, 0.05) is 36.1 Å². The summed E-state index contributed by atoms with van der Waals surface area (Å²) in [5, 5.41) is 4.04. The normalized spacial score (nSPS) is 11.2. The Morgan fingerprint density at radius 2 is 2.04 bits per heavy atom. The molecule has 0 aliphatic heterocycles. The van der Waals surface area contributed by atoms with Gasteiger partial charge in [0.05, 0.1) is 23.8 Å². The summed E-state index contributed by atoms with van der Waals surface area (Å²) in [5.74, 6) is 1.41. The van der Waals surface area contributed by atoms with Crippen LogP contribution in [0, 0.1) is 13.8 Å². The number of ether oxygens (including phenoxy) is 1. The lowest BCUT2D eigenvalue weighted by molar-refractivity contribution is 0.393. The Kier molecular flexibility index (Phi) is 3.64. The SMILES string of the molecule is COc1ccncc1-c1cc(-c2c(C)noc2C)cc2[nH]c(=O)n(C)c12. The van der Waals surface area contributed by atoms with E-state index < -0.39 is 0 Å². The summed E-state index contributed by atoms with van der Waals surface area (Å²) in [4.78, 5) is 19.4. The second kappa shape index (κ2) is 5.87. The summed E-state index contributed by atoms with van der Waals surface area (Å²) < 4.78 is 12.4. The van der Waals surface area contributed by atoms with E-state index >= 15 is 0 Å². The van der Waals surface area contributed by atoms with Gasteiger partial charge in [-0.2, -0.15) is 0 Å². The summed E-state index contributed by atoms with van der Waals surface area (Å²) in [6.45, 7) is 3.77. The van der Waals surface area contributed by atoms with Crippen LogP contribution in [0.25, 0.3) is 33.3 Å². The first-order valence-corrected chi connectivity index (χ1v) is 8.15. The molecule has 1 aromatic carbocycles. The second-order valence-corrected chi connectivity index (χ2v) is 6.18. The molecule has 4 aromatic rings. The Balaban J connectivity index is 2.12. The highest BCUT2D eigenvalue weighted by Crippen LogP contribution is 2.38. The third kappa shape index (κ3) is 2.32. The highest BCUT2D eigenvalue weighted by Gasteiger charge is 2.19. The number of methoxy groups -OCH3 is 1. The molecule has 132 valence electrons. The topological polar surface area (TPSA) is 85.9 Å². The Hall–Kier alpha value is -3.35. The van der Waals surface area contributed by atoms with Crippen LogP contribution in [0.15, 0.2) is 39.9 Å². The molecule has 7 heteroatoms. The summed E-state index contributed by atoms with van der Waals surface area (Å²) in [7, 11) is 3.35. The maximum atomic E-state index is 12.2. The van der Waals surface area contributed by atoms with Gasteiger partial charge in [-0.15, -0.1) is 0 Å². The fraction of sp³-hybridized carbons (Fsp3) is 0.211. The number of hydrogen-bond acceptors (Lipinski definition) is 5. The molecule has 0 atom stereocenters. The van der Waals surface area contributed by atoms with E-state index in [1.165, 1.54) is 0 Å². The Labute approximate surface area is 149 Å². The number of aromatic amines is 1. The summed E-state index contributed by atoms with van der Waals surface area (Å²) in [5.41, 5.74) is 5.63. The number of benzene rings is 1. The predicted octanol–water partition coefficient (Wildman–Crippen LogP) is 3.21. The van der Waals surface area contributed by atoms with Gasteiger partial charge >= 0.3 is 5.69 Å².